The highest BCUT2D eigenvalue weighted by Crippen LogP contribution is 2.49. The SMILES string of the molecule is CCC1CC(F)(F)CCC1(COCc1ccccc1)C(=O)O. The van der Waals surface area contributed by atoms with E-state index in [1.54, 1.807) is 6.92 Å². The fourth-order valence-electron chi connectivity index (χ4n) is 3.26. The maximum absolute atomic E-state index is 13.6. The van der Waals surface area contributed by atoms with Crippen LogP contribution >= 0.6 is 0 Å². The van der Waals surface area contributed by atoms with Gasteiger partial charge in [-0.2, -0.15) is 0 Å². The van der Waals surface area contributed by atoms with Crippen molar-refractivity contribution in [1.29, 1.82) is 0 Å². The van der Waals surface area contributed by atoms with Crippen LogP contribution in [0.1, 0.15) is 38.2 Å². The van der Waals surface area contributed by atoms with Gasteiger partial charge in [-0.1, -0.05) is 43.7 Å². The molecule has 2 unspecified atom stereocenters. The van der Waals surface area contributed by atoms with Crippen LogP contribution < -0.4 is 0 Å². The minimum atomic E-state index is -2.76. The van der Waals surface area contributed by atoms with Crippen LogP contribution in [0.4, 0.5) is 8.78 Å². The highest BCUT2D eigenvalue weighted by atomic mass is 19.3. The molecule has 0 bridgehead atoms. The summed E-state index contributed by atoms with van der Waals surface area (Å²) in [6, 6.07) is 9.42. The van der Waals surface area contributed by atoms with E-state index in [0.29, 0.717) is 13.0 Å². The van der Waals surface area contributed by atoms with Crippen LogP contribution in [-0.4, -0.2) is 23.6 Å². The number of aliphatic carboxylic acids is 1. The Morgan fingerprint density at radius 3 is 2.59 bits per heavy atom. The van der Waals surface area contributed by atoms with Gasteiger partial charge in [-0.3, -0.25) is 4.79 Å². The zero-order valence-corrected chi connectivity index (χ0v) is 12.7. The van der Waals surface area contributed by atoms with Crippen LogP contribution in [0.15, 0.2) is 30.3 Å². The Bertz CT molecular complexity index is 504. The molecule has 22 heavy (non-hydrogen) atoms. The third-order valence-corrected chi connectivity index (χ3v) is 4.65. The summed E-state index contributed by atoms with van der Waals surface area (Å²) < 4.78 is 32.8. The average molecular weight is 312 g/mol. The van der Waals surface area contributed by atoms with Crippen LogP contribution in [0.3, 0.4) is 0 Å². The Kier molecular flexibility index (Phi) is 5.16. The molecule has 0 aliphatic heterocycles. The van der Waals surface area contributed by atoms with Gasteiger partial charge in [-0.15, -0.1) is 0 Å². The second-order valence-corrected chi connectivity index (χ2v) is 6.10. The van der Waals surface area contributed by atoms with Crippen molar-refractivity contribution in [1.82, 2.24) is 0 Å². The monoisotopic (exact) mass is 312 g/mol. The zero-order chi connectivity index (χ0) is 16.2. The van der Waals surface area contributed by atoms with Crippen LogP contribution in [0.25, 0.3) is 0 Å². The first-order chi connectivity index (χ1) is 10.4. The number of ether oxygens (including phenoxy) is 1. The van der Waals surface area contributed by atoms with Gasteiger partial charge >= 0.3 is 5.97 Å². The molecule has 5 heteroatoms. The molecule has 0 saturated heterocycles. The maximum Gasteiger partial charge on any atom is 0.312 e. The van der Waals surface area contributed by atoms with Gasteiger partial charge in [-0.25, -0.2) is 8.78 Å². The van der Waals surface area contributed by atoms with Crippen LogP contribution in [-0.2, 0) is 16.1 Å². The lowest BCUT2D eigenvalue weighted by Crippen LogP contribution is -2.49. The fourth-order valence-corrected chi connectivity index (χ4v) is 3.26. The molecule has 2 rings (SSSR count). The lowest BCUT2D eigenvalue weighted by atomic mass is 9.64. The van der Waals surface area contributed by atoms with Gasteiger partial charge in [-0.05, 0) is 17.9 Å². The van der Waals surface area contributed by atoms with Crippen molar-refractivity contribution < 1.29 is 23.4 Å². The van der Waals surface area contributed by atoms with E-state index in [9.17, 15) is 18.7 Å². The van der Waals surface area contributed by atoms with Crippen LogP contribution in [0, 0.1) is 11.3 Å². The number of hydrogen-bond donors (Lipinski definition) is 1. The molecule has 0 radical (unpaired) electrons. The number of carboxylic acids is 1. The molecule has 1 N–H and O–H groups in total. The van der Waals surface area contributed by atoms with E-state index in [0.717, 1.165) is 5.56 Å². The van der Waals surface area contributed by atoms with Crippen molar-refractivity contribution in [3.63, 3.8) is 0 Å². The largest absolute Gasteiger partial charge is 0.481 e. The first-order valence-corrected chi connectivity index (χ1v) is 7.62. The molecular weight excluding hydrogens is 290 g/mol. The van der Waals surface area contributed by atoms with Crippen molar-refractivity contribution in [3.8, 4) is 0 Å². The Morgan fingerprint density at radius 1 is 1.32 bits per heavy atom. The topological polar surface area (TPSA) is 46.5 Å². The van der Waals surface area contributed by atoms with Gasteiger partial charge in [0.1, 0.15) is 0 Å². The third kappa shape index (κ3) is 3.64. The molecule has 0 aromatic heterocycles. The number of carboxylic acid groups (broad SMARTS) is 1. The summed E-state index contributed by atoms with van der Waals surface area (Å²) in [6.07, 6.45) is -0.381. The molecule has 122 valence electrons. The highest BCUT2D eigenvalue weighted by Gasteiger charge is 2.54. The van der Waals surface area contributed by atoms with E-state index in [1.165, 1.54) is 0 Å². The molecular formula is C17H22F2O3. The maximum atomic E-state index is 13.6. The molecule has 3 nitrogen and oxygen atoms in total. The molecule has 1 aliphatic carbocycles. The third-order valence-electron chi connectivity index (χ3n) is 4.65. The predicted octanol–water partition coefficient (Wildman–Crippen LogP) is 4.12. The minimum Gasteiger partial charge on any atom is -0.481 e. The number of carbonyl (C=O) groups is 1. The van der Waals surface area contributed by atoms with E-state index >= 15 is 0 Å². The average Bonchev–Trinajstić information content (AvgIpc) is 2.49. The smallest absolute Gasteiger partial charge is 0.312 e. The molecule has 0 amide bonds. The Labute approximate surface area is 129 Å². The van der Waals surface area contributed by atoms with Gasteiger partial charge in [0.2, 0.25) is 5.92 Å². The van der Waals surface area contributed by atoms with E-state index in [1.807, 2.05) is 30.3 Å². The summed E-state index contributed by atoms with van der Waals surface area (Å²) >= 11 is 0. The van der Waals surface area contributed by atoms with E-state index in [4.69, 9.17) is 4.74 Å². The van der Waals surface area contributed by atoms with Crippen LogP contribution in [0.2, 0.25) is 0 Å². The Balaban J connectivity index is 2.06. The fraction of sp³-hybridized carbons (Fsp3) is 0.588. The first kappa shape index (κ1) is 16.9. The number of hydrogen-bond acceptors (Lipinski definition) is 2. The van der Waals surface area contributed by atoms with Crippen molar-refractivity contribution in [3.05, 3.63) is 35.9 Å². The first-order valence-electron chi connectivity index (χ1n) is 7.62. The lowest BCUT2D eigenvalue weighted by Gasteiger charge is -2.43. The molecule has 1 fully saturated rings. The molecule has 1 saturated carbocycles. The molecule has 1 aromatic rings. The summed E-state index contributed by atoms with van der Waals surface area (Å²) in [4.78, 5) is 11.8. The zero-order valence-electron chi connectivity index (χ0n) is 12.7. The molecule has 2 atom stereocenters. The Morgan fingerprint density at radius 2 is 2.00 bits per heavy atom. The van der Waals surface area contributed by atoms with E-state index < -0.39 is 23.2 Å². The van der Waals surface area contributed by atoms with Crippen molar-refractivity contribution in [2.75, 3.05) is 6.61 Å². The summed E-state index contributed by atoms with van der Waals surface area (Å²) in [7, 11) is 0. The molecule has 1 aliphatic rings. The summed E-state index contributed by atoms with van der Waals surface area (Å²) in [6.45, 7) is 2.04. The second-order valence-electron chi connectivity index (χ2n) is 6.10. The molecule has 1 aromatic carbocycles. The van der Waals surface area contributed by atoms with Gasteiger partial charge < -0.3 is 9.84 Å². The van der Waals surface area contributed by atoms with Gasteiger partial charge in [0.05, 0.1) is 18.6 Å². The van der Waals surface area contributed by atoms with Gasteiger partial charge in [0.15, 0.2) is 0 Å². The second kappa shape index (κ2) is 6.73. The molecule has 0 spiro atoms. The summed E-state index contributed by atoms with van der Waals surface area (Å²) in [5.74, 6) is -4.36. The van der Waals surface area contributed by atoms with Crippen LogP contribution in [0.5, 0.6) is 0 Å². The Hall–Kier alpha value is -1.49. The highest BCUT2D eigenvalue weighted by molar-refractivity contribution is 5.75. The van der Waals surface area contributed by atoms with Gasteiger partial charge in [0, 0.05) is 12.8 Å². The predicted molar refractivity (Wildman–Crippen MR) is 78.7 cm³/mol. The minimum absolute atomic E-state index is 0.0220. The van der Waals surface area contributed by atoms with Crippen molar-refractivity contribution >= 4 is 5.97 Å². The lowest BCUT2D eigenvalue weighted by molar-refractivity contribution is -0.174. The van der Waals surface area contributed by atoms with E-state index in [2.05, 4.69) is 0 Å². The van der Waals surface area contributed by atoms with Gasteiger partial charge in [0.25, 0.3) is 0 Å². The normalized spacial score (nSPS) is 27.5. The summed E-state index contributed by atoms with van der Waals surface area (Å²) in [5.41, 5.74) is -0.261. The van der Waals surface area contributed by atoms with Crippen molar-refractivity contribution in [2.24, 2.45) is 11.3 Å². The number of alkyl halides is 2. The number of benzene rings is 1. The van der Waals surface area contributed by atoms with E-state index in [-0.39, 0.29) is 25.9 Å². The van der Waals surface area contributed by atoms with Crippen molar-refractivity contribution in [2.45, 2.75) is 45.1 Å². The molecule has 0 heterocycles. The number of halogens is 2. The standard InChI is InChI=1S/C17H22F2O3/c1-2-14-10-17(18,19)9-8-16(14,15(20)21)12-22-11-13-6-4-3-5-7-13/h3-7,14H,2,8-12H2,1H3,(H,20,21). The number of rotatable bonds is 6. The summed E-state index contributed by atoms with van der Waals surface area (Å²) in [5, 5.41) is 9.63. The quantitative estimate of drug-likeness (QED) is 0.859.